The third-order valence-corrected chi connectivity index (χ3v) is 4.24. The van der Waals surface area contributed by atoms with Gasteiger partial charge in [-0.05, 0) is 35.8 Å². The van der Waals surface area contributed by atoms with Gasteiger partial charge in [-0.2, -0.15) is 0 Å². The van der Waals surface area contributed by atoms with E-state index in [1.807, 2.05) is 0 Å². The Bertz CT molecular complexity index is 442. The maximum atomic E-state index is 12.3. The number of hydrogen-bond donors (Lipinski definition) is 0. The van der Waals surface area contributed by atoms with Crippen molar-refractivity contribution in [1.82, 2.24) is 0 Å². The summed E-state index contributed by atoms with van der Waals surface area (Å²) in [5.41, 5.74) is 2.06. The second-order valence-corrected chi connectivity index (χ2v) is 6.60. The highest BCUT2D eigenvalue weighted by Crippen LogP contribution is 2.36. The van der Waals surface area contributed by atoms with Crippen LogP contribution in [0.25, 0.3) is 0 Å². The number of hydrogen-bond acceptors (Lipinski definition) is 2. The van der Waals surface area contributed by atoms with Crippen molar-refractivity contribution < 1.29 is 9.53 Å². The first-order valence-electron chi connectivity index (χ1n) is 7.05. The SMILES string of the molecule is COC1(C(=O)Cc2ccc(C(C)(C)C)cc2)CCC1. The molecule has 0 heterocycles. The molecule has 1 aromatic carbocycles. The molecule has 1 aliphatic rings. The fraction of sp³-hybridized carbons (Fsp3) is 0.588. The second-order valence-electron chi connectivity index (χ2n) is 6.60. The first-order chi connectivity index (χ1) is 8.87. The lowest BCUT2D eigenvalue weighted by atomic mass is 9.75. The first-order valence-corrected chi connectivity index (χ1v) is 7.05. The Kier molecular flexibility index (Phi) is 3.82. The molecule has 0 amide bonds. The van der Waals surface area contributed by atoms with Gasteiger partial charge in [0.2, 0.25) is 0 Å². The van der Waals surface area contributed by atoms with Crippen molar-refractivity contribution in [3.8, 4) is 0 Å². The number of carbonyl (C=O) groups is 1. The Hall–Kier alpha value is -1.15. The molecular weight excluding hydrogens is 236 g/mol. The molecule has 1 aliphatic carbocycles. The summed E-state index contributed by atoms with van der Waals surface area (Å²) in [7, 11) is 1.65. The van der Waals surface area contributed by atoms with Crippen LogP contribution in [-0.4, -0.2) is 18.5 Å². The topological polar surface area (TPSA) is 26.3 Å². The van der Waals surface area contributed by atoms with Gasteiger partial charge >= 0.3 is 0 Å². The Morgan fingerprint density at radius 1 is 1.21 bits per heavy atom. The Morgan fingerprint density at radius 3 is 2.16 bits per heavy atom. The number of Topliss-reactive ketones (excluding diaryl/α,β-unsaturated/α-hetero) is 1. The van der Waals surface area contributed by atoms with Crippen LogP contribution >= 0.6 is 0 Å². The summed E-state index contributed by atoms with van der Waals surface area (Å²) in [6.45, 7) is 6.59. The molecule has 1 saturated carbocycles. The third kappa shape index (κ3) is 2.89. The summed E-state index contributed by atoms with van der Waals surface area (Å²) in [5, 5.41) is 0. The summed E-state index contributed by atoms with van der Waals surface area (Å²) in [6.07, 6.45) is 3.34. The van der Waals surface area contributed by atoms with Crippen LogP contribution in [0.4, 0.5) is 0 Å². The van der Waals surface area contributed by atoms with Crippen molar-refractivity contribution in [3.63, 3.8) is 0 Å². The highest BCUT2D eigenvalue weighted by molar-refractivity contribution is 5.90. The highest BCUT2D eigenvalue weighted by Gasteiger charge is 2.43. The van der Waals surface area contributed by atoms with E-state index < -0.39 is 5.60 Å². The summed E-state index contributed by atoms with van der Waals surface area (Å²) in [4.78, 5) is 12.3. The molecule has 1 fully saturated rings. The molecule has 0 atom stereocenters. The predicted octanol–water partition coefficient (Wildman–Crippen LogP) is 3.66. The molecular formula is C17H24O2. The smallest absolute Gasteiger partial charge is 0.168 e. The zero-order valence-corrected chi connectivity index (χ0v) is 12.5. The van der Waals surface area contributed by atoms with Crippen molar-refractivity contribution in [2.45, 2.75) is 57.5 Å². The molecule has 0 spiro atoms. The molecule has 0 N–H and O–H groups in total. The van der Waals surface area contributed by atoms with Gasteiger partial charge in [0.25, 0.3) is 0 Å². The molecule has 0 bridgehead atoms. The number of carbonyl (C=O) groups excluding carboxylic acids is 1. The minimum absolute atomic E-state index is 0.157. The van der Waals surface area contributed by atoms with Crippen molar-refractivity contribution in [1.29, 1.82) is 0 Å². The molecule has 2 nitrogen and oxygen atoms in total. The Morgan fingerprint density at radius 2 is 1.79 bits per heavy atom. The van der Waals surface area contributed by atoms with E-state index in [0.29, 0.717) is 6.42 Å². The minimum atomic E-state index is -0.483. The largest absolute Gasteiger partial charge is 0.370 e. The molecule has 0 radical (unpaired) electrons. The number of benzene rings is 1. The molecule has 0 saturated heterocycles. The van der Waals surface area contributed by atoms with Gasteiger partial charge in [0.15, 0.2) is 5.78 Å². The van der Waals surface area contributed by atoms with Crippen LogP contribution in [0, 0.1) is 0 Å². The lowest BCUT2D eigenvalue weighted by Gasteiger charge is -2.38. The lowest BCUT2D eigenvalue weighted by molar-refractivity contribution is -0.151. The quantitative estimate of drug-likeness (QED) is 0.825. The maximum Gasteiger partial charge on any atom is 0.168 e. The number of ether oxygens (including phenoxy) is 1. The summed E-state index contributed by atoms with van der Waals surface area (Å²) in [5.74, 6) is 0.227. The number of rotatable bonds is 4. The Balaban J connectivity index is 2.06. The van der Waals surface area contributed by atoms with E-state index in [-0.39, 0.29) is 11.2 Å². The van der Waals surface area contributed by atoms with Crippen molar-refractivity contribution in [2.24, 2.45) is 0 Å². The summed E-state index contributed by atoms with van der Waals surface area (Å²) < 4.78 is 5.44. The van der Waals surface area contributed by atoms with Crippen LogP contribution < -0.4 is 0 Å². The van der Waals surface area contributed by atoms with E-state index in [2.05, 4.69) is 45.0 Å². The molecule has 0 aromatic heterocycles. The van der Waals surface area contributed by atoms with E-state index in [0.717, 1.165) is 24.8 Å². The molecule has 2 heteroatoms. The molecule has 1 aromatic rings. The highest BCUT2D eigenvalue weighted by atomic mass is 16.5. The van der Waals surface area contributed by atoms with Crippen LogP contribution in [0.1, 0.15) is 51.2 Å². The third-order valence-electron chi connectivity index (χ3n) is 4.24. The fourth-order valence-electron chi connectivity index (χ4n) is 2.56. The lowest BCUT2D eigenvalue weighted by Crippen LogP contribution is -2.47. The standard InChI is InChI=1S/C17H24O2/c1-16(2,3)14-8-6-13(7-9-14)12-15(18)17(19-4)10-5-11-17/h6-9H,5,10-12H2,1-4H3. The van der Waals surface area contributed by atoms with Gasteiger partial charge in [-0.3, -0.25) is 4.79 Å². The molecule has 19 heavy (non-hydrogen) atoms. The van der Waals surface area contributed by atoms with Gasteiger partial charge in [-0.15, -0.1) is 0 Å². The van der Waals surface area contributed by atoms with Crippen molar-refractivity contribution >= 4 is 5.78 Å². The average Bonchev–Trinajstić information content (AvgIpc) is 2.27. The number of ketones is 1. The van der Waals surface area contributed by atoms with Gasteiger partial charge in [-0.1, -0.05) is 45.0 Å². The van der Waals surface area contributed by atoms with Crippen LogP contribution in [0.2, 0.25) is 0 Å². The summed E-state index contributed by atoms with van der Waals surface area (Å²) >= 11 is 0. The molecule has 104 valence electrons. The van der Waals surface area contributed by atoms with E-state index in [1.165, 1.54) is 5.56 Å². The predicted molar refractivity (Wildman–Crippen MR) is 77.4 cm³/mol. The van der Waals surface area contributed by atoms with E-state index >= 15 is 0 Å². The van der Waals surface area contributed by atoms with Gasteiger partial charge in [0.05, 0.1) is 0 Å². The maximum absolute atomic E-state index is 12.3. The first kappa shape index (κ1) is 14.3. The van der Waals surface area contributed by atoms with Crippen LogP contribution in [0.5, 0.6) is 0 Å². The second kappa shape index (κ2) is 5.09. The van der Waals surface area contributed by atoms with Gasteiger partial charge in [0.1, 0.15) is 5.60 Å². The normalized spacial score (nSPS) is 17.9. The van der Waals surface area contributed by atoms with Crippen molar-refractivity contribution in [2.75, 3.05) is 7.11 Å². The minimum Gasteiger partial charge on any atom is -0.370 e. The average molecular weight is 260 g/mol. The van der Waals surface area contributed by atoms with E-state index in [9.17, 15) is 4.79 Å². The number of methoxy groups -OCH3 is 1. The van der Waals surface area contributed by atoms with Crippen LogP contribution in [0.15, 0.2) is 24.3 Å². The Labute approximate surface area is 116 Å². The summed E-state index contributed by atoms with van der Waals surface area (Å²) in [6, 6.07) is 8.40. The van der Waals surface area contributed by atoms with Gasteiger partial charge in [-0.25, -0.2) is 0 Å². The van der Waals surface area contributed by atoms with Crippen LogP contribution in [0.3, 0.4) is 0 Å². The van der Waals surface area contributed by atoms with E-state index in [1.54, 1.807) is 7.11 Å². The zero-order chi connectivity index (χ0) is 14.1. The molecule has 2 rings (SSSR count). The van der Waals surface area contributed by atoms with Crippen molar-refractivity contribution in [3.05, 3.63) is 35.4 Å². The molecule has 0 aliphatic heterocycles. The zero-order valence-electron chi connectivity index (χ0n) is 12.5. The van der Waals surface area contributed by atoms with Gasteiger partial charge < -0.3 is 4.74 Å². The van der Waals surface area contributed by atoms with Gasteiger partial charge in [0, 0.05) is 13.5 Å². The molecule has 0 unspecified atom stereocenters. The van der Waals surface area contributed by atoms with E-state index in [4.69, 9.17) is 4.74 Å². The fourth-order valence-corrected chi connectivity index (χ4v) is 2.56. The van der Waals surface area contributed by atoms with Crippen LogP contribution in [-0.2, 0) is 21.4 Å². The monoisotopic (exact) mass is 260 g/mol.